The predicted molar refractivity (Wildman–Crippen MR) is 81.2 cm³/mol. The number of hydrogen-bond acceptors (Lipinski definition) is 2. The van der Waals surface area contributed by atoms with Crippen LogP contribution in [0.15, 0.2) is 18.2 Å². The third kappa shape index (κ3) is 4.70. The van der Waals surface area contributed by atoms with Crippen LogP contribution in [0.4, 0.5) is 0 Å². The van der Waals surface area contributed by atoms with Crippen LogP contribution in [0.3, 0.4) is 0 Å². The van der Waals surface area contributed by atoms with Gasteiger partial charge in [-0.15, -0.1) is 0 Å². The summed E-state index contributed by atoms with van der Waals surface area (Å²) < 4.78 is 0. The van der Waals surface area contributed by atoms with Gasteiger partial charge in [0.25, 0.3) is 0 Å². The molecule has 1 amide bonds. The van der Waals surface area contributed by atoms with Crippen molar-refractivity contribution in [2.75, 3.05) is 0 Å². The smallest absolute Gasteiger partial charge is 0.225 e. The highest BCUT2D eigenvalue weighted by molar-refractivity contribution is 5.80. The highest BCUT2D eigenvalue weighted by atomic mass is 16.1. The number of benzene rings is 1. The maximum Gasteiger partial charge on any atom is 0.225 e. The lowest BCUT2D eigenvalue weighted by Gasteiger charge is -2.25. The van der Waals surface area contributed by atoms with Crippen molar-refractivity contribution in [3.8, 4) is 6.07 Å². The van der Waals surface area contributed by atoms with E-state index in [0.29, 0.717) is 18.8 Å². The Balaban J connectivity index is 2.74. The first-order chi connectivity index (χ1) is 9.25. The normalized spacial score (nSPS) is 13.7. The van der Waals surface area contributed by atoms with Crippen molar-refractivity contribution in [1.82, 2.24) is 5.32 Å². The summed E-state index contributed by atoms with van der Waals surface area (Å²) in [5.41, 5.74) is 2.53. The molecule has 0 aliphatic heterocycles. The first-order valence-electron chi connectivity index (χ1n) is 7.04. The topological polar surface area (TPSA) is 52.9 Å². The molecule has 20 heavy (non-hydrogen) atoms. The number of carbonyl (C=O) groups is 1. The standard InChI is InChI=1S/C17H24N2O/c1-12(2)10-17(5,11-18)19-16(20)9-15-7-6-13(3)8-14(15)4/h6-8,12H,9-10H2,1-5H3,(H,19,20). The van der Waals surface area contributed by atoms with E-state index in [4.69, 9.17) is 0 Å². The molecule has 0 radical (unpaired) electrons. The van der Waals surface area contributed by atoms with E-state index in [-0.39, 0.29) is 5.91 Å². The van der Waals surface area contributed by atoms with Gasteiger partial charge in [0.1, 0.15) is 5.54 Å². The zero-order valence-corrected chi connectivity index (χ0v) is 13.1. The molecule has 0 heterocycles. The minimum atomic E-state index is -0.788. The third-order valence-electron chi connectivity index (χ3n) is 3.33. The van der Waals surface area contributed by atoms with E-state index in [1.54, 1.807) is 6.92 Å². The molecular formula is C17H24N2O. The van der Waals surface area contributed by atoms with E-state index in [0.717, 1.165) is 11.1 Å². The van der Waals surface area contributed by atoms with Gasteiger partial charge in [-0.05, 0) is 44.2 Å². The molecule has 1 atom stereocenters. The van der Waals surface area contributed by atoms with Crippen LogP contribution in [0.5, 0.6) is 0 Å². The molecule has 1 aromatic rings. The Morgan fingerprint density at radius 2 is 2.05 bits per heavy atom. The van der Waals surface area contributed by atoms with Gasteiger partial charge >= 0.3 is 0 Å². The largest absolute Gasteiger partial charge is 0.338 e. The molecule has 3 heteroatoms. The molecule has 1 unspecified atom stereocenters. The zero-order chi connectivity index (χ0) is 15.3. The van der Waals surface area contributed by atoms with Crippen LogP contribution in [-0.4, -0.2) is 11.4 Å². The van der Waals surface area contributed by atoms with Crippen molar-refractivity contribution in [3.05, 3.63) is 34.9 Å². The minimum Gasteiger partial charge on any atom is -0.338 e. The fourth-order valence-electron chi connectivity index (χ4n) is 2.51. The molecule has 0 saturated heterocycles. The number of nitrogens with one attached hydrogen (secondary N) is 1. The summed E-state index contributed by atoms with van der Waals surface area (Å²) in [5.74, 6) is 0.266. The van der Waals surface area contributed by atoms with Crippen molar-refractivity contribution < 1.29 is 4.79 Å². The molecular weight excluding hydrogens is 248 g/mol. The van der Waals surface area contributed by atoms with Crippen molar-refractivity contribution in [3.63, 3.8) is 0 Å². The van der Waals surface area contributed by atoms with Gasteiger partial charge in [0, 0.05) is 0 Å². The molecule has 0 aliphatic rings. The lowest BCUT2D eigenvalue weighted by atomic mass is 9.91. The summed E-state index contributed by atoms with van der Waals surface area (Å²) in [4.78, 5) is 12.1. The fourth-order valence-corrected chi connectivity index (χ4v) is 2.51. The monoisotopic (exact) mass is 272 g/mol. The Labute approximate surface area is 122 Å². The van der Waals surface area contributed by atoms with E-state index >= 15 is 0 Å². The van der Waals surface area contributed by atoms with Crippen LogP contribution in [0, 0.1) is 31.1 Å². The molecule has 3 nitrogen and oxygen atoms in total. The second-order valence-electron chi connectivity index (χ2n) is 6.20. The number of nitriles is 1. The van der Waals surface area contributed by atoms with E-state index in [1.165, 1.54) is 5.56 Å². The maximum atomic E-state index is 12.1. The second-order valence-corrected chi connectivity index (χ2v) is 6.20. The van der Waals surface area contributed by atoms with Crippen molar-refractivity contribution in [2.24, 2.45) is 5.92 Å². The molecule has 0 spiro atoms. The Morgan fingerprint density at radius 3 is 2.55 bits per heavy atom. The molecule has 1 N–H and O–H groups in total. The van der Waals surface area contributed by atoms with Gasteiger partial charge in [-0.1, -0.05) is 37.6 Å². The SMILES string of the molecule is Cc1ccc(CC(=O)NC(C)(C#N)CC(C)C)c(C)c1. The average Bonchev–Trinajstić information content (AvgIpc) is 2.31. The van der Waals surface area contributed by atoms with E-state index in [9.17, 15) is 10.1 Å². The molecule has 1 aromatic carbocycles. The quantitative estimate of drug-likeness (QED) is 0.894. The number of rotatable bonds is 5. The first kappa shape index (κ1) is 16.2. The second kappa shape index (κ2) is 6.56. The van der Waals surface area contributed by atoms with Crippen LogP contribution >= 0.6 is 0 Å². The van der Waals surface area contributed by atoms with Gasteiger partial charge in [0.15, 0.2) is 0 Å². The lowest BCUT2D eigenvalue weighted by molar-refractivity contribution is -0.121. The lowest BCUT2D eigenvalue weighted by Crippen LogP contribution is -2.46. The number of nitrogens with zero attached hydrogens (tertiary/aromatic N) is 1. The maximum absolute atomic E-state index is 12.1. The first-order valence-corrected chi connectivity index (χ1v) is 7.04. The fraction of sp³-hybridized carbons (Fsp3) is 0.529. The third-order valence-corrected chi connectivity index (χ3v) is 3.33. The van der Waals surface area contributed by atoms with E-state index in [2.05, 4.69) is 17.5 Å². The predicted octanol–water partition coefficient (Wildman–Crippen LogP) is 3.29. The van der Waals surface area contributed by atoms with Crippen molar-refractivity contribution >= 4 is 5.91 Å². The van der Waals surface area contributed by atoms with Gasteiger partial charge in [0.05, 0.1) is 12.5 Å². The van der Waals surface area contributed by atoms with Gasteiger partial charge in [-0.25, -0.2) is 0 Å². The zero-order valence-electron chi connectivity index (χ0n) is 13.1. The van der Waals surface area contributed by atoms with Gasteiger partial charge in [0.2, 0.25) is 5.91 Å². The summed E-state index contributed by atoms with van der Waals surface area (Å²) in [7, 11) is 0. The summed E-state index contributed by atoms with van der Waals surface area (Å²) in [6.07, 6.45) is 0.976. The molecule has 0 aromatic heterocycles. The Bertz CT molecular complexity index is 528. The summed E-state index contributed by atoms with van der Waals surface area (Å²) in [6, 6.07) is 8.28. The number of hydrogen-bond donors (Lipinski definition) is 1. The van der Waals surface area contributed by atoms with Crippen LogP contribution in [0.25, 0.3) is 0 Å². The van der Waals surface area contributed by atoms with Crippen LogP contribution < -0.4 is 5.32 Å². The van der Waals surface area contributed by atoms with Crippen LogP contribution in [-0.2, 0) is 11.2 Å². The Kier molecular flexibility index (Phi) is 5.33. The Morgan fingerprint density at radius 1 is 1.40 bits per heavy atom. The summed E-state index contributed by atoms with van der Waals surface area (Å²) >= 11 is 0. The van der Waals surface area contributed by atoms with Gasteiger partial charge in [-0.3, -0.25) is 4.79 Å². The van der Waals surface area contributed by atoms with Crippen molar-refractivity contribution in [1.29, 1.82) is 5.26 Å². The van der Waals surface area contributed by atoms with E-state index < -0.39 is 5.54 Å². The molecule has 1 rings (SSSR count). The minimum absolute atomic E-state index is 0.0957. The number of amides is 1. The molecule has 0 aliphatic carbocycles. The highest BCUT2D eigenvalue weighted by Gasteiger charge is 2.27. The van der Waals surface area contributed by atoms with E-state index in [1.807, 2.05) is 39.8 Å². The number of aryl methyl sites for hydroxylation is 2. The van der Waals surface area contributed by atoms with Crippen LogP contribution in [0.1, 0.15) is 43.9 Å². The number of carbonyl (C=O) groups excluding carboxylic acids is 1. The Hall–Kier alpha value is -1.82. The summed E-state index contributed by atoms with van der Waals surface area (Å²) in [5, 5.41) is 12.1. The van der Waals surface area contributed by atoms with Gasteiger partial charge in [-0.2, -0.15) is 5.26 Å². The molecule has 0 saturated carbocycles. The highest BCUT2D eigenvalue weighted by Crippen LogP contribution is 2.17. The summed E-state index contributed by atoms with van der Waals surface area (Å²) in [6.45, 7) is 9.92. The molecule has 0 bridgehead atoms. The molecule has 0 fully saturated rings. The molecule has 108 valence electrons. The van der Waals surface area contributed by atoms with Gasteiger partial charge < -0.3 is 5.32 Å². The average molecular weight is 272 g/mol. The van der Waals surface area contributed by atoms with Crippen LogP contribution in [0.2, 0.25) is 0 Å². The van der Waals surface area contributed by atoms with Crippen molar-refractivity contribution in [2.45, 2.75) is 53.0 Å².